The van der Waals surface area contributed by atoms with Gasteiger partial charge in [0.1, 0.15) is 11.9 Å². The van der Waals surface area contributed by atoms with Crippen LogP contribution < -0.4 is 16.4 Å². The van der Waals surface area contributed by atoms with Crippen molar-refractivity contribution in [2.45, 2.75) is 31.7 Å². The lowest BCUT2D eigenvalue weighted by Crippen LogP contribution is -2.48. The van der Waals surface area contributed by atoms with Crippen LogP contribution in [0.5, 0.6) is 0 Å². The molecule has 188 valence electrons. The Kier molecular flexibility index (Phi) is 5.71. The second-order valence-electron chi connectivity index (χ2n) is 9.61. The van der Waals surface area contributed by atoms with Crippen LogP contribution in [0.4, 0.5) is 10.6 Å². The number of hydrogen-bond donors (Lipinski definition) is 3. The van der Waals surface area contributed by atoms with Gasteiger partial charge in [0.15, 0.2) is 5.65 Å². The molecule has 1 atom stereocenters. The summed E-state index contributed by atoms with van der Waals surface area (Å²) in [4.78, 5) is 35.8. The van der Waals surface area contributed by atoms with Crippen molar-refractivity contribution in [3.63, 3.8) is 0 Å². The molecule has 1 aromatic carbocycles. The molecule has 4 aromatic rings. The van der Waals surface area contributed by atoms with Gasteiger partial charge in [-0.2, -0.15) is 9.61 Å². The number of anilines is 1. The van der Waals surface area contributed by atoms with E-state index in [1.807, 2.05) is 60.5 Å². The fraction of sp³-hybridized carbons (Fsp3) is 0.296. The number of carbonyl (C=O) groups is 2. The van der Waals surface area contributed by atoms with Gasteiger partial charge >= 0.3 is 6.03 Å². The Morgan fingerprint density at radius 1 is 1.05 bits per heavy atom. The molecule has 10 nitrogen and oxygen atoms in total. The number of nitrogens with two attached hydrogens (primary N) is 1. The summed E-state index contributed by atoms with van der Waals surface area (Å²) in [5.74, 6) is 0.702. The van der Waals surface area contributed by atoms with Gasteiger partial charge in [0.2, 0.25) is 5.91 Å². The first-order valence-electron chi connectivity index (χ1n) is 12.5. The zero-order valence-electron chi connectivity index (χ0n) is 20.5. The van der Waals surface area contributed by atoms with Gasteiger partial charge in [0.25, 0.3) is 0 Å². The Morgan fingerprint density at radius 2 is 1.84 bits per heavy atom. The van der Waals surface area contributed by atoms with Gasteiger partial charge in [-0.1, -0.05) is 36.4 Å². The summed E-state index contributed by atoms with van der Waals surface area (Å²) in [6.07, 6.45) is 5.18. The van der Waals surface area contributed by atoms with Crippen LogP contribution in [-0.2, 0) is 4.79 Å². The van der Waals surface area contributed by atoms with E-state index in [1.165, 1.54) is 0 Å². The van der Waals surface area contributed by atoms with Gasteiger partial charge in [0, 0.05) is 54.0 Å². The van der Waals surface area contributed by atoms with Crippen LogP contribution in [0.3, 0.4) is 0 Å². The molecule has 3 amide bonds. The molecule has 3 aromatic heterocycles. The summed E-state index contributed by atoms with van der Waals surface area (Å²) in [5, 5.41) is 9.84. The van der Waals surface area contributed by atoms with E-state index < -0.39 is 6.04 Å². The molecule has 0 saturated carbocycles. The zero-order chi connectivity index (χ0) is 25.5. The maximum atomic E-state index is 12.8. The lowest BCUT2D eigenvalue weighted by molar-refractivity contribution is -0.133. The molecular weight excluding hydrogens is 468 g/mol. The van der Waals surface area contributed by atoms with Gasteiger partial charge in [-0.15, -0.1) is 0 Å². The second kappa shape index (κ2) is 9.20. The van der Waals surface area contributed by atoms with Crippen molar-refractivity contribution >= 4 is 23.4 Å². The predicted molar refractivity (Wildman–Crippen MR) is 140 cm³/mol. The van der Waals surface area contributed by atoms with Gasteiger partial charge in [-0.05, 0) is 25.8 Å². The maximum Gasteiger partial charge on any atom is 0.315 e. The molecule has 10 heteroatoms. The Balaban J connectivity index is 1.25. The number of nitrogen functional groups attached to an aromatic ring is 1. The summed E-state index contributed by atoms with van der Waals surface area (Å²) >= 11 is 0. The second-order valence-corrected chi connectivity index (χ2v) is 9.61. The molecule has 0 aliphatic carbocycles. The van der Waals surface area contributed by atoms with Crippen molar-refractivity contribution in [3.05, 3.63) is 66.1 Å². The third-order valence-electron chi connectivity index (χ3n) is 7.37. The number of nitrogens with zero attached hydrogens (tertiary/aromatic N) is 5. The average molecular weight is 497 g/mol. The first kappa shape index (κ1) is 23.0. The Morgan fingerprint density at radius 3 is 2.51 bits per heavy atom. The maximum absolute atomic E-state index is 12.8. The molecule has 2 aliphatic rings. The number of carbonyl (C=O) groups excluding carboxylic acids is 2. The molecular formula is C27H28N8O2. The minimum atomic E-state index is -0.493. The molecule has 0 unspecified atom stereocenters. The van der Waals surface area contributed by atoms with E-state index in [0.717, 1.165) is 46.5 Å². The SMILES string of the molecule is Cc1c(C2CCN(C(=O)[C@H]3CNC(=O)N3)CC2)nc2c(-c3ccc(-c4ccccc4)nc3)cnn2c1N. The smallest absolute Gasteiger partial charge is 0.315 e. The van der Waals surface area contributed by atoms with Crippen LogP contribution in [0, 0.1) is 6.92 Å². The first-order chi connectivity index (χ1) is 18.0. The van der Waals surface area contributed by atoms with E-state index in [-0.39, 0.29) is 17.9 Å². The lowest BCUT2D eigenvalue weighted by atomic mass is 9.90. The highest BCUT2D eigenvalue weighted by molar-refractivity contribution is 5.90. The molecule has 2 saturated heterocycles. The van der Waals surface area contributed by atoms with Crippen molar-refractivity contribution in [1.29, 1.82) is 0 Å². The zero-order valence-corrected chi connectivity index (χ0v) is 20.5. The standard InChI is InChI=1S/C27H28N8O2/c1-16-23(18-9-11-34(12-10-18)26(36)22-15-30-27(37)32-22)33-25-20(14-31-35(25)24(16)28)19-7-8-21(29-13-19)17-5-3-2-4-6-17/h2-8,13-14,18,22H,9-12,15,28H2,1H3,(H2,30,32,37)/t22-/m1/s1. The monoisotopic (exact) mass is 496 g/mol. The van der Waals surface area contributed by atoms with Crippen LogP contribution in [0.2, 0.25) is 0 Å². The Bertz CT molecular complexity index is 1470. The predicted octanol–water partition coefficient (Wildman–Crippen LogP) is 2.74. The Hall–Kier alpha value is -4.47. The third-order valence-corrected chi connectivity index (χ3v) is 7.37. The van der Waals surface area contributed by atoms with Crippen molar-refractivity contribution in [1.82, 2.24) is 35.1 Å². The summed E-state index contributed by atoms with van der Waals surface area (Å²) in [5.41, 5.74) is 12.8. The molecule has 37 heavy (non-hydrogen) atoms. The fourth-order valence-corrected chi connectivity index (χ4v) is 5.25. The van der Waals surface area contributed by atoms with E-state index >= 15 is 0 Å². The molecule has 6 rings (SSSR count). The van der Waals surface area contributed by atoms with E-state index in [2.05, 4.69) is 20.7 Å². The molecule has 5 heterocycles. The number of hydrogen-bond acceptors (Lipinski definition) is 6. The van der Waals surface area contributed by atoms with Crippen LogP contribution in [0.15, 0.2) is 54.9 Å². The number of fused-ring (bicyclic) bond motifs is 1. The largest absolute Gasteiger partial charge is 0.383 e. The molecule has 0 spiro atoms. The van der Waals surface area contributed by atoms with Crippen molar-refractivity contribution in [2.75, 3.05) is 25.4 Å². The van der Waals surface area contributed by atoms with Crippen molar-refractivity contribution < 1.29 is 9.59 Å². The van der Waals surface area contributed by atoms with Gasteiger partial charge < -0.3 is 21.3 Å². The number of nitrogens with one attached hydrogen (secondary N) is 2. The van der Waals surface area contributed by atoms with Crippen molar-refractivity contribution in [2.24, 2.45) is 0 Å². The number of pyridine rings is 1. The highest BCUT2D eigenvalue weighted by atomic mass is 16.2. The number of benzene rings is 1. The van der Waals surface area contributed by atoms with Crippen LogP contribution >= 0.6 is 0 Å². The molecule has 0 radical (unpaired) electrons. The van der Waals surface area contributed by atoms with E-state index in [9.17, 15) is 9.59 Å². The number of amides is 3. The first-order valence-corrected chi connectivity index (χ1v) is 12.5. The average Bonchev–Trinajstić information content (AvgIpc) is 3.57. The minimum Gasteiger partial charge on any atom is -0.383 e. The van der Waals surface area contributed by atoms with Gasteiger partial charge in [0.05, 0.1) is 17.6 Å². The highest BCUT2D eigenvalue weighted by Gasteiger charge is 2.33. The number of urea groups is 1. The summed E-state index contributed by atoms with van der Waals surface area (Å²) in [6.45, 7) is 3.53. The molecule has 2 aliphatic heterocycles. The van der Waals surface area contributed by atoms with Crippen LogP contribution in [0.1, 0.15) is 30.0 Å². The molecule has 0 bridgehead atoms. The highest BCUT2D eigenvalue weighted by Crippen LogP contribution is 2.34. The Labute approximate surface area is 213 Å². The molecule has 2 fully saturated rings. The minimum absolute atomic E-state index is 0.0408. The summed E-state index contributed by atoms with van der Waals surface area (Å²) in [6, 6.07) is 13.3. The van der Waals surface area contributed by atoms with Crippen LogP contribution in [0.25, 0.3) is 28.0 Å². The van der Waals surface area contributed by atoms with E-state index in [0.29, 0.717) is 31.1 Å². The lowest BCUT2D eigenvalue weighted by Gasteiger charge is -2.33. The fourth-order valence-electron chi connectivity index (χ4n) is 5.25. The third kappa shape index (κ3) is 4.14. The number of aromatic nitrogens is 4. The quantitative estimate of drug-likeness (QED) is 0.398. The molecule has 4 N–H and O–H groups in total. The number of likely N-dealkylation sites (tertiary alicyclic amines) is 1. The van der Waals surface area contributed by atoms with Crippen molar-refractivity contribution in [3.8, 4) is 22.4 Å². The van der Waals surface area contributed by atoms with Gasteiger partial charge in [-0.3, -0.25) is 9.78 Å². The van der Waals surface area contributed by atoms with E-state index in [4.69, 9.17) is 10.7 Å². The van der Waals surface area contributed by atoms with Gasteiger partial charge in [-0.25, -0.2) is 9.78 Å². The number of rotatable bonds is 4. The normalized spacial score (nSPS) is 18.1. The summed E-state index contributed by atoms with van der Waals surface area (Å²) in [7, 11) is 0. The topological polar surface area (TPSA) is 131 Å². The summed E-state index contributed by atoms with van der Waals surface area (Å²) < 4.78 is 1.69. The number of piperidine rings is 1. The van der Waals surface area contributed by atoms with E-state index in [1.54, 1.807) is 10.7 Å². The van der Waals surface area contributed by atoms with Crippen LogP contribution in [-0.4, -0.2) is 62.1 Å².